The monoisotopic (exact) mass is 314 g/mol. The third-order valence-corrected chi connectivity index (χ3v) is 4.67. The minimum atomic E-state index is -0.00133. The number of anilines is 1. The lowest BCUT2D eigenvalue weighted by molar-refractivity contribution is -0.115. The number of benzene rings is 1. The van der Waals surface area contributed by atoms with Crippen molar-refractivity contribution in [1.29, 1.82) is 0 Å². The van der Waals surface area contributed by atoms with Gasteiger partial charge in [-0.1, -0.05) is 22.0 Å². The van der Waals surface area contributed by atoms with E-state index in [4.69, 9.17) is 0 Å². The maximum atomic E-state index is 11.6. The number of hydrogen-bond acceptors (Lipinski definition) is 3. The molecule has 3 nitrogen and oxygen atoms in total. The Hall–Kier alpha value is -0.520. The SMILES string of the molecule is CC1Sc2ccc(CN(C)CBr)cc2NC1=O. The molecule has 92 valence electrons. The quantitative estimate of drug-likeness (QED) is 0.688. The molecule has 0 saturated carbocycles. The van der Waals surface area contributed by atoms with Gasteiger partial charge in [0, 0.05) is 11.4 Å². The Morgan fingerprint density at radius 3 is 3.00 bits per heavy atom. The Morgan fingerprint density at radius 2 is 2.29 bits per heavy atom. The molecular formula is C12H15BrN2OS. The predicted octanol–water partition coefficient (Wildman–Crippen LogP) is 2.90. The molecule has 1 amide bonds. The van der Waals surface area contributed by atoms with Crippen molar-refractivity contribution in [3.05, 3.63) is 23.8 Å². The Bertz CT molecular complexity index is 439. The Kier molecular flexibility index (Phi) is 4.12. The van der Waals surface area contributed by atoms with Gasteiger partial charge in [-0.25, -0.2) is 0 Å². The highest BCUT2D eigenvalue weighted by Crippen LogP contribution is 2.36. The minimum Gasteiger partial charge on any atom is -0.324 e. The van der Waals surface area contributed by atoms with E-state index in [1.54, 1.807) is 11.8 Å². The van der Waals surface area contributed by atoms with E-state index < -0.39 is 0 Å². The smallest absolute Gasteiger partial charge is 0.237 e. The molecule has 1 N–H and O–H groups in total. The van der Waals surface area contributed by atoms with Crippen LogP contribution in [0.15, 0.2) is 23.1 Å². The molecule has 0 saturated heterocycles. The molecule has 1 unspecified atom stereocenters. The summed E-state index contributed by atoms with van der Waals surface area (Å²) < 4.78 is 0. The standard InChI is InChI=1S/C12H15BrN2OS/c1-8-12(16)14-10-5-9(6-15(2)7-13)3-4-11(10)17-8/h3-5,8H,6-7H2,1-2H3,(H,14,16). The summed E-state index contributed by atoms with van der Waals surface area (Å²) in [5, 5.41) is 2.95. The number of carbonyl (C=O) groups is 1. The van der Waals surface area contributed by atoms with Gasteiger partial charge in [0.2, 0.25) is 5.91 Å². The van der Waals surface area contributed by atoms with Gasteiger partial charge in [-0.2, -0.15) is 0 Å². The van der Waals surface area contributed by atoms with Gasteiger partial charge in [0.15, 0.2) is 0 Å². The van der Waals surface area contributed by atoms with Crippen LogP contribution in [0.3, 0.4) is 0 Å². The average Bonchev–Trinajstić information content (AvgIpc) is 2.31. The largest absolute Gasteiger partial charge is 0.324 e. The number of alkyl halides is 1. The lowest BCUT2D eigenvalue weighted by Crippen LogP contribution is -2.26. The van der Waals surface area contributed by atoms with Gasteiger partial charge in [0.25, 0.3) is 0 Å². The lowest BCUT2D eigenvalue weighted by atomic mass is 10.2. The van der Waals surface area contributed by atoms with Gasteiger partial charge in [0.05, 0.1) is 16.4 Å². The predicted molar refractivity (Wildman–Crippen MR) is 75.7 cm³/mol. The van der Waals surface area contributed by atoms with Gasteiger partial charge in [-0.05, 0) is 31.7 Å². The molecule has 0 bridgehead atoms. The molecule has 1 aromatic rings. The van der Waals surface area contributed by atoms with Crippen LogP contribution in [-0.2, 0) is 11.3 Å². The van der Waals surface area contributed by atoms with Crippen LogP contribution in [0.25, 0.3) is 0 Å². The van der Waals surface area contributed by atoms with Gasteiger partial charge in [-0.3, -0.25) is 9.69 Å². The molecule has 1 atom stereocenters. The summed E-state index contributed by atoms with van der Waals surface area (Å²) in [7, 11) is 2.05. The Morgan fingerprint density at radius 1 is 1.53 bits per heavy atom. The van der Waals surface area contributed by atoms with E-state index in [-0.39, 0.29) is 11.2 Å². The summed E-state index contributed by atoms with van der Waals surface area (Å²) >= 11 is 5.04. The Balaban J connectivity index is 2.19. The molecule has 1 heterocycles. The zero-order chi connectivity index (χ0) is 12.4. The van der Waals surface area contributed by atoms with Crippen molar-refractivity contribution in [2.75, 3.05) is 17.8 Å². The van der Waals surface area contributed by atoms with Crippen LogP contribution in [0.2, 0.25) is 0 Å². The van der Waals surface area contributed by atoms with Gasteiger partial charge in [-0.15, -0.1) is 11.8 Å². The fourth-order valence-corrected chi connectivity index (χ4v) is 2.82. The molecule has 1 aliphatic heterocycles. The lowest BCUT2D eigenvalue weighted by Gasteiger charge is -2.22. The molecule has 0 fully saturated rings. The highest BCUT2D eigenvalue weighted by atomic mass is 79.9. The molecule has 0 aliphatic carbocycles. The third kappa shape index (κ3) is 3.03. The van der Waals surface area contributed by atoms with Gasteiger partial charge >= 0.3 is 0 Å². The fourth-order valence-electron chi connectivity index (χ4n) is 1.71. The molecule has 0 aromatic heterocycles. The molecule has 1 aromatic carbocycles. The third-order valence-electron chi connectivity index (χ3n) is 2.63. The van der Waals surface area contributed by atoms with Crippen molar-refractivity contribution in [2.45, 2.75) is 23.6 Å². The number of rotatable bonds is 3. The summed E-state index contributed by atoms with van der Waals surface area (Å²) in [6.45, 7) is 2.80. The molecule has 2 rings (SSSR count). The number of nitrogens with zero attached hydrogens (tertiary/aromatic N) is 1. The number of nitrogens with one attached hydrogen (secondary N) is 1. The summed E-state index contributed by atoms with van der Waals surface area (Å²) in [4.78, 5) is 14.9. The van der Waals surface area contributed by atoms with Crippen molar-refractivity contribution < 1.29 is 4.79 Å². The second kappa shape index (κ2) is 5.42. The van der Waals surface area contributed by atoms with Gasteiger partial charge in [0.1, 0.15) is 0 Å². The number of halogens is 1. The number of carbonyl (C=O) groups excluding carboxylic acids is 1. The second-order valence-corrected chi connectivity index (χ2v) is 6.10. The first-order valence-corrected chi connectivity index (χ1v) is 7.45. The van der Waals surface area contributed by atoms with Crippen LogP contribution in [0.4, 0.5) is 5.69 Å². The topological polar surface area (TPSA) is 32.3 Å². The summed E-state index contributed by atoms with van der Waals surface area (Å²) in [6.07, 6.45) is 0. The summed E-state index contributed by atoms with van der Waals surface area (Å²) in [5.74, 6) is 0.0912. The maximum absolute atomic E-state index is 11.6. The maximum Gasteiger partial charge on any atom is 0.237 e. The average molecular weight is 315 g/mol. The van der Waals surface area contributed by atoms with E-state index in [2.05, 4.69) is 44.3 Å². The van der Waals surface area contributed by atoms with Crippen LogP contribution in [-0.4, -0.2) is 28.6 Å². The number of thioether (sulfide) groups is 1. The fraction of sp³-hybridized carbons (Fsp3) is 0.417. The van der Waals surface area contributed by atoms with Crippen LogP contribution in [0.5, 0.6) is 0 Å². The summed E-state index contributed by atoms with van der Waals surface area (Å²) in [6, 6.07) is 6.27. The van der Waals surface area contributed by atoms with Crippen LogP contribution >= 0.6 is 27.7 Å². The molecule has 5 heteroatoms. The van der Waals surface area contributed by atoms with Crippen molar-refractivity contribution in [3.8, 4) is 0 Å². The van der Waals surface area contributed by atoms with Crippen LogP contribution in [0.1, 0.15) is 12.5 Å². The first kappa shape index (κ1) is 12.9. The van der Waals surface area contributed by atoms with Crippen LogP contribution < -0.4 is 5.32 Å². The van der Waals surface area contributed by atoms with Gasteiger partial charge < -0.3 is 5.32 Å². The zero-order valence-corrected chi connectivity index (χ0v) is 12.3. The molecule has 0 spiro atoms. The first-order valence-electron chi connectivity index (χ1n) is 5.45. The highest BCUT2D eigenvalue weighted by molar-refractivity contribution is 9.09. The van der Waals surface area contributed by atoms with E-state index in [0.29, 0.717) is 0 Å². The van der Waals surface area contributed by atoms with E-state index in [9.17, 15) is 4.79 Å². The normalized spacial score (nSPS) is 19.1. The molecular weight excluding hydrogens is 300 g/mol. The first-order chi connectivity index (χ1) is 8.10. The number of fused-ring (bicyclic) bond motifs is 1. The number of amides is 1. The van der Waals surface area contributed by atoms with Crippen molar-refractivity contribution in [2.24, 2.45) is 0 Å². The second-order valence-electron chi connectivity index (χ2n) is 4.21. The van der Waals surface area contributed by atoms with E-state index >= 15 is 0 Å². The van der Waals surface area contributed by atoms with Crippen LogP contribution in [0, 0.1) is 0 Å². The summed E-state index contributed by atoms with van der Waals surface area (Å²) in [5.41, 5.74) is 2.99. The highest BCUT2D eigenvalue weighted by Gasteiger charge is 2.22. The van der Waals surface area contributed by atoms with E-state index in [0.717, 1.165) is 22.6 Å². The van der Waals surface area contributed by atoms with Crippen molar-refractivity contribution >= 4 is 39.3 Å². The van der Waals surface area contributed by atoms with Crippen molar-refractivity contribution in [3.63, 3.8) is 0 Å². The number of hydrogen-bond donors (Lipinski definition) is 1. The molecule has 1 aliphatic rings. The van der Waals surface area contributed by atoms with E-state index in [1.165, 1.54) is 5.56 Å². The Labute approximate surface area is 114 Å². The minimum absolute atomic E-state index is 0.00133. The van der Waals surface area contributed by atoms with Crippen molar-refractivity contribution in [1.82, 2.24) is 4.90 Å². The van der Waals surface area contributed by atoms with E-state index in [1.807, 2.05) is 14.0 Å². The molecule has 17 heavy (non-hydrogen) atoms. The zero-order valence-electron chi connectivity index (χ0n) is 9.87. The molecule has 0 radical (unpaired) electrons.